The van der Waals surface area contributed by atoms with Crippen molar-refractivity contribution in [3.63, 3.8) is 0 Å². The number of benzene rings is 1. The van der Waals surface area contributed by atoms with Crippen molar-refractivity contribution in [3.8, 4) is 0 Å². The molecular weight excluding hydrogens is 246 g/mol. The van der Waals surface area contributed by atoms with E-state index in [0.29, 0.717) is 5.89 Å². The maximum Gasteiger partial charge on any atom is 0.237 e. The molecule has 0 saturated carbocycles. The van der Waals surface area contributed by atoms with Crippen molar-refractivity contribution in [3.05, 3.63) is 42.0 Å². The van der Waals surface area contributed by atoms with Gasteiger partial charge in [-0.15, -0.1) is 11.8 Å². The summed E-state index contributed by atoms with van der Waals surface area (Å²) in [7, 11) is 0. The number of hydrogen-bond donors (Lipinski definition) is 1. The van der Waals surface area contributed by atoms with Crippen LogP contribution in [0.4, 0.5) is 0 Å². The molecule has 1 unspecified atom stereocenters. The molecule has 1 aliphatic rings. The summed E-state index contributed by atoms with van der Waals surface area (Å²) in [5.41, 5.74) is 0. The average molecular weight is 261 g/mol. The standard InChI is InChI=1S/C13H15N3OS/c1-2-5-10(6-3-1)18-9-12-15-13(16-17-12)11-7-4-8-14-11/h1-3,5-6,11,14H,4,7-9H2. The minimum atomic E-state index is 0.282. The Kier molecular flexibility index (Phi) is 3.61. The van der Waals surface area contributed by atoms with Crippen LogP contribution in [0.1, 0.15) is 30.6 Å². The zero-order valence-electron chi connectivity index (χ0n) is 10.0. The van der Waals surface area contributed by atoms with Crippen molar-refractivity contribution in [1.82, 2.24) is 15.5 Å². The largest absolute Gasteiger partial charge is 0.338 e. The Labute approximate surface area is 110 Å². The van der Waals surface area contributed by atoms with Crippen molar-refractivity contribution in [2.75, 3.05) is 6.54 Å². The lowest BCUT2D eigenvalue weighted by atomic mass is 10.2. The zero-order valence-corrected chi connectivity index (χ0v) is 10.8. The molecule has 5 heteroatoms. The van der Waals surface area contributed by atoms with Gasteiger partial charge in [-0.2, -0.15) is 4.98 Å². The first kappa shape index (κ1) is 11.7. The van der Waals surface area contributed by atoms with E-state index in [1.807, 2.05) is 18.2 Å². The van der Waals surface area contributed by atoms with Crippen LogP contribution in [-0.4, -0.2) is 16.7 Å². The minimum absolute atomic E-state index is 0.282. The topological polar surface area (TPSA) is 51.0 Å². The maximum absolute atomic E-state index is 5.28. The minimum Gasteiger partial charge on any atom is -0.338 e. The van der Waals surface area contributed by atoms with Crippen LogP contribution in [-0.2, 0) is 5.75 Å². The second-order valence-electron chi connectivity index (χ2n) is 4.30. The molecule has 0 aliphatic carbocycles. The van der Waals surface area contributed by atoms with Crippen molar-refractivity contribution < 1.29 is 4.52 Å². The Morgan fingerprint density at radius 2 is 2.22 bits per heavy atom. The van der Waals surface area contributed by atoms with E-state index in [4.69, 9.17) is 4.52 Å². The summed E-state index contributed by atoms with van der Waals surface area (Å²) >= 11 is 1.71. The van der Waals surface area contributed by atoms with Gasteiger partial charge in [-0.1, -0.05) is 23.4 Å². The SMILES string of the molecule is c1ccc(SCc2nc(C3CCCN3)no2)cc1. The van der Waals surface area contributed by atoms with Gasteiger partial charge in [0.05, 0.1) is 11.8 Å². The van der Waals surface area contributed by atoms with E-state index in [-0.39, 0.29) is 6.04 Å². The second-order valence-corrected chi connectivity index (χ2v) is 5.35. The first-order valence-corrected chi connectivity index (χ1v) is 7.14. The molecule has 0 radical (unpaired) electrons. The molecule has 0 spiro atoms. The van der Waals surface area contributed by atoms with Crippen molar-refractivity contribution >= 4 is 11.8 Å². The summed E-state index contributed by atoms with van der Waals surface area (Å²) in [4.78, 5) is 5.66. The van der Waals surface area contributed by atoms with E-state index < -0.39 is 0 Å². The van der Waals surface area contributed by atoms with E-state index in [1.165, 1.54) is 11.3 Å². The van der Waals surface area contributed by atoms with Crippen LogP contribution in [0, 0.1) is 0 Å². The Hall–Kier alpha value is -1.33. The average Bonchev–Trinajstić information content (AvgIpc) is 3.08. The molecular formula is C13H15N3OS. The number of aromatic nitrogens is 2. The third-order valence-electron chi connectivity index (χ3n) is 2.96. The predicted octanol–water partition coefficient (Wildman–Crippen LogP) is 2.79. The van der Waals surface area contributed by atoms with Crippen molar-refractivity contribution in [2.45, 2.75) is 29.5 Å². The van der Waals surface area contributed by atoms with Gasteiger partial charge in [0, 0.05) is 4.90 Å². The number of rotatable bonds is 4. The van der Waals surface area contributed by atoms with Crippen LogP contribution in [0.25, 0.3) is 0 Å². The van der Waals surface area contributed by atoms with Crippen molar-refractivity contribution in [2.24, 2.45) is 0 Å². The van der Waals surface area contributed by atoms with Gasteiger partial charge in [0.2, 0.25) is 5.89 Å². The van der Waals surface area contributed by atoms with E-state index in [2.05, 4.69) is 27.6 Å². The molecule has 3 rings (SSSR count). The van der Waals surface area contributed by atoms with E-state index in [9.17, 15) is 0 Å². The van der Waals surface area contributed by atoms with Crippen LogP contribution >= 0.6 is 11.8 Å². The van der Waals surface area contributed by atoms with Gasteiger partial charge in [0.15, 0.2) is 5.82 Å². The number of thioether (sulfide) groups is 1. The van der Waals surface area contributed by atoms with Crippen LogP contribution < -0.4 is 5.32 Å². The molecule has 1 fully saturated rings. The summed E-state index contributed by atoms with van der Waals surface area (Å²) in [5.74, 6) is 2.23. The summed E-state index contributed by atoms with van der Waals surface area (Å²) in [6, 6.07) is 10.5. The molecule has 2 aromatic rings. The molecule has 0 amide bonds. The molecule has 4 nitrogen and oxygen atoms in total. The molecule has 1 N–H and O–H groups in total. The highest BCUT2D eigenvalue weighted by Crippen LogP contribution is 2.24. The molecule has 2 heterocycles. The number of hydrogen-bond acceptors (Lipinski definition) is 5. The molecule has 1 aromatic heterocycles. The first-order chi connectivity index (χ1) is 8.92. The fourth-order valence-corrected chi connectivity index (χ4v) is 2.79. The van der Waals surface area contributed by atoms with Gasteiger partial charge in [-0.05, 0) is 31.5 Å². The van der Waals surface area contributed by atoms with Crippen LogP contribution in [0.15, 0.2) is 39.8 Å². The van der Waals surface area contributed by atoms with Crippen LogP contribution in [0.2, 0.25) is 0 Å². The van der Waals surface area contributed by atoms with Crippen LogP contribution in [0.5, 0.6) is 0 Å². The van der Waals surface area contributed by atoms with Gasteiger partial charge >= 0.3 is 0 Å². The molecule has 94 valence electrons. The third-order valence-corrected chi connectivity index (χ3v) is 3.96. The third kappa shape index (κ3) is 2.73. The Balaban J connectivity index is 1.60. The highest BCUT2D eigenvalue weighted by molar-refractivity contribution is 7.98. The van der Waals surface area contributed by atoms with Gasteiger partial charge in [0.25, 0.3) is 0 Å². The highest BCUT2D eigenvalue weighted by atomic mass is 32.2. The lowest BCUT2D eigenvalue weighted by Gasteiger charge is -2.01. The van der Waals surface area contributed by atoms with E-state index in [1.54, 1.807) is 11.8 Å². The van der Waals surface area contributed by atoms with Gasteiger partial charge in [-0.25, -0.2) is 0 Å². The smallest absolute Gasteiger partial charge is 0.237 e. The fourth-order valence-electron chi connectivity index (χ4n) is 2.03. The Morgan fingerprint density at radius 1 is 1.33 bits per heavy atom. The molecule has 0 bridgehead atoms. The Morgan fingerprint density at radius 3 is 3.00 bits per heavy atom. The lowest BCUT2D eigenvalue weighted by molar-refractivity contribution is 0.378. The fraction of sp³-hybridized carbons (Fsp3) is 0.385. The normalized spacial score (nSPS) is 19.2. The number of nitrogens with one attached hydrogen (secondary N) is 1. The predicted molar refractivity (Wildman–Crippen MR) is 70.3 cm³/mol. The zero-order chi connectivity index (χ0) is 12.2. The summed E-state index contributed by atoms with van der Waals surface area (Å²) in [6.45, 7) is 1.05. The van der Waals surface area contributed by atoms with E-state index in [0.717, 1.165) is 24.5 Å². The highest BCUT2D eigenvalue weighted by Gasteiger charge is 2.21. The number of nitrogens with zero attached hydrogens (tertiary/aromatic N) is 2. The second kappa shape index (κ2) is 5.54. The molecule has 1 aromatic carbocycles. The molecule has 1 saturated heterocycles. The Bertz CT molecular complexity index is 494. The first-order valence-electron chi connectivity index (χ1n) is 6.15. The van der Waals surface area contributed by atoms with Gasteiger partial charge in [-0.3, -0.25) is 0 Å². The summed E-state index contributed by atoms with van der Waals surface area (Å²) in [6.07, 6.45) is 2.29. The summed E-state index contributed by atoms with van der Waals surface area (Å²) in [5, 5.41) is 7.42. The molecule has 1 atom stereocenters. The molecule has 1 aliphatic heterocycles. The monoisotopic (exact) mass is 261 g/mol. The maximum atomic E-state index is 5.28. The van der Waals surface area contributed by atoms with Gasteiger partial charge in [0.1, 0.15) is 0 Å². The lowest BCUT2D eigenvalue weighted by Crippen LogP contribution is -2.14. The van der Waals surface area contributed by atoms with Crippen LogP contribution in [0.3, 0.4) is 0 Å². The van der Waals surface area contributed by atoms with Gasteiger partial charge < -0.3 is 9.84 Å². The quantitative estimate of drug-likeness (QED) is 0.858. The summed E-state index contributed by atoms with van der Waals surface area (Å²) < 4.78 is 5.28. The molecule has 18 heavy (non-hydrogen) atoms. The van der Waals surface area contributed by atoms with E-state index >= 15 is 0 Å². The van der Waals surface area contributed by atoms with Crippen molar-refractivity contribution in [1.29, 1.82) is 0 Å².